The Morgan fingerprint density at radius 1 is 1.15 bits per heavy atom. The fraction of sp³-hybridized carbons (Fsp3) is 0.222. The van der Waals surface area contributed by atoms with Crippen LogP contribution >= 0.6 is 0 Å². The van der Waals surface area contributed by atoms with E-state index < -0.39 is 23.4 Å². The number of imidazole rings is 1. The molecule has 0 fully saturated rings. The van der Waals surface area contributed by atoms with Crippen molar-refractivity contribution in [2.24, 2.45) is 0 Å². The number of hydrogen-bond donors (Lipinski definition) is 4. The Hall–Kier alpha value is -4.87. The van der Waals surface area contributed by atoms with Gasteiger partial charge in [0.1, 0.15) is 23.1 Å². The van der Waals surface area contributed by atoms with E-state index in [2.05, 4.69) is 30.9 Å². The lowest BCUT2D eigenvalue weighted by atomic mass is 9.97. The summed E-state index contributed by atoms with van der Waals surface area (Å²) >= 11 is 0. The van der Waals surface area contributed by atoms with E-state index in [1.54, 1.807) is 30.6 Å². The van der Waals surface area contributed by atoms with Gasteiger partial charge in [-0.2, -0.15) is 4.98 Å². The first-order chi connectivity index (χ1) is 18.7. The van der Waals surface area contributed by atoms with Crippen LogP contribution in [0, 0.1) is 18.6 Å². The van der Waals surface area contributed by atoms with Gasteiger partial charge < -0.3 is 20.9 Å². The van der Waals surface area contributed by atoms with Crippen LogP contribution in [0.3, 0.4) is 0 Å². The smallest absolute Gasteiger partial charge is 0.328 e. The van der Waals surface area contributed by atoms with Crippen molar-refractivity contribution in [3.8, 4) is 11.3 Å². The summed E-state index contributed by atoms with van der Waals surface area (Å²) in [6.45, 7) is 5.82. The maximum Gasteiger partial charge on any atom is 0.328 e. The first-order valence-electron chi connectivity index (χ1n) is 12.3. The van der Waals surface area contributed by atoms with Crippen molar-refractivity contribution in [2.45, 2.75) is 39.9 Å². The van der Waals surface area contributed by atoms with Gasteiger partial charge in [0.05, 0.1) is 18.8 Å². The number of carbonyl (C=O) groups excluding carboxylic acids is 2. The van der Waals surface area contributed by atoms with Crippen LogP contribution in [0.25, 0.3) is 11.3 Å². The van der Waals surface area contributed by atoms with Crippen LogP contribution < -0.4 is 20.9 Å². The van der Waals surface area contributed by atoms with Crippen molar-refractivity contribution in [3.63, 3.8) is 0 Å². The molecule has 0 saturated carbocycles. The van der Waals surface area contributed by atoms with Crippen LogP contribution in [0.4, 0.5) is 31.0 Å². The van der Waals surface area contributed by atoms with Crippen LogP contribution in [0.1, 0.15) is 41.2 Å². The lowest BCUT2D eigenvalue weighted by molar-refractivity contribution is 0.0943. The topological polar surface area (TPSA) is 128 Å². The number of rotatable bonds is 7. The van der Waals surface area contributed by atoms with Gasteiger partial charge in [-0.05, 0) is 50.6 Å². The van der Waals surface area contributed by atoms with Crippen molar-refractivity contribution in [1.29, 1.82) is 0 Å². The molecule has 5 rings (SSSR count). The number of urea groups is 1. The number of nitrogens with zero attached hydrogens (tertiary/aromatic N) is 4. The van der Waals surface area contributed by atoms with Crippen LogP contribution in [0.5, 0.6) is 0 Å². The van der Waals surface area contributed by atoms with E-state index in [0.29, 0.717) is 28.2 Å². The second-order valence-corrected chi connectivity index (χ2v) is 9.31. The lowest BCUT2D eigenvalue weighted by Gasteiger charge is -2.31. The number of para-hydroxylation sites is 1. The number of hydrogen-bond acceptors (Lipinski definition) is 6. The van der Waals surface area contributed by atoms with Crippen molar-refractivity contribution in [2.75, 3.05) is 10.2 Å². The summed E-state index contributed by atoms with van der Waals surface area (Å²) in [5, 5.41) is 8.60. The molecule has 0 saturated heterocycles. The Bertz CT molecular complexity index is 1540. The first kappa shape index (κ1) is 25.8. The minimum absolute atomic E-state index is 0.0103. The van der Waals surface area contributed by atoms with Crippen molar-refractivity contribution in [3.05, 3.63) is 82.9 Å². The van der Waals surface area contributed by atoms with E-state index in [1.165, 1.54) is 6.07 Å². The summed E-state index contributed by atoms with van der Waals surface area (Å²) in [5.74, 6) is -1.37. The van der Waals surface area contributed by atoms with Gasteiger partial charge in [-0.15, -0.1) is 0 Å². The van der Waals surface area contributed by atoms with Crippen LogP contribution in [-0.2, 0) is 13.1 Å². The Morgan fingerprint density at radius 3 is 2.62 bits per heavy atom. The third kappa shape index (κ3) is 5.13. The summed E-state index contributed by atoms with van der Waals surface area (Å²) in [4.78, 5) is 43.0. The lowest BCUT2D eigenvalue weighted by Crippen LogP contribution is -2.43. The average molecular weight is 533 g/mol. The zero-order valence-electron chi connectivity index (χ0n) is 21.5. The molecule has 0 atom stereocenters. The highest BCUT2D eigenvalue weighted by Crippen LogP contribution is 2.39. The number of benzene rings is 2. The number of amides is 3. The van der Waals surface area contributed by atoms with Crippen LogP contribution in [0.15, 0.2) is 48.8 Å². The monoisotopic (exact) mass is 532 g/mol. The van der Waals surface area contributed by atoms with Gasteiger partial charge in [0, 0.05) is 35.1 Å². The number of aryl methyl sites for hydroxylation is 1. The standard InChI is InChI=1S/C27H26F2N8O2/c1-14(2)34-25(38)16-8-7-15(3)17(11-16)22-18-12-33-27(39)37(23-19(28)5-4-6-20(23)29)24(18)36-26(35-22)32-13-21-30-9-10-31-21/h4-11,14H,12-13H2,1-3H3,(H,30,31)(H,33,39)(H,34,38)(H,32,35,36). The number of fused-ring (bicyclic) bond motifs is 1. The summed E-state index contributed by atoms with van der Waals surface area (Å²) in [5.41, 5.74) is 2.11. The Balaban J connectivity index is 1.69. The molecule has 10 nitrogen and oxygen atoms in total. The van der Waals surface area contributed by atoms with Gasteiger partial charge in [-0.1, -0.05) is 12.1 Å². The summed E-state index contributed by atoms with van der Waals surface area (Å²) in [7, 11) is 0. The minimum Gasteiger partial charge on any atom is -0.350 e. The van der Waals surface area contributed by atoms with Gasteiger partial charge in [-0.25, -0.2) is 28.4 Å². The minimum atomic E-state index is -0.924. The van der Waals surface area contributed by atoms with E-state index in [-0.39, 0.29) is 36.8 Å². The van der Waals surface area contributed by atoms with Gasteiger partial charge in [0.2, 0.25) is 5.95 Å². The molecule has 0 radical (unpaired) electrons. The Morgan fingerprint density at radius 2 is 1.92 bits per heavy atom. The second kappa shape index (κ2) is 10.5. The van der Waals surface area contributed by atoms with E-state index in [9.17, 15) is 18.4 Å². The Kier molecular flexibility index (Phi) is 6.92. The van der Waals surface area contributed by atoms with Gasteiger partial charge in [0.25, 0.3) is 5.91 Å². The number of halogens is 2. The highest BCUT2D eigenvalue weighted by molar-refractivity contribution is 6.02. The van der Waals surface area contributed by atoms with Gasteiger partial charge in [-0.3, -0.25) is 4.79 Å². The molecule has 3 heterocycles. The molecule has 2 aromatic heterocycles. The van der Waals surface area contributed by atoms with Crippen LogP contribution in [-0.4, -0.2) is 37.9 Å². The second-order valence-electron chi connectivity index (χ2n) is 9.31. The van der Waals surface area contributed by atoms with E-state index in [4.69, 9.17) is 4.98 Å². The summed E-state index contributed by atoms with van der Waals surface area (Å²) < 4.78 is 29.8. The Labute approximate surface area is 222 Å². The number of nitrogens with one attached hydrogen (secondary N) is 4. The third-order valence-electron chi connectivity index (χ3n) is 6.12. The molecule has 0 aliphatic carbocycles. The van der Waals surface area contributed by atoms with E-state index in [0.717, 1.165) is 22.6 Å². The number of H-pyrrole nitrogens is 1. The highest BCUT2D eigenvalue weighted by atomic mass is 19.1. The molecule has 4 N–H and O–H groups in total. The zero-order chi connectivity index (χ0) is 27.7. The average Bonchev–Trinajstić information content (AvgIpc) is 3.42. The third-order valence-corrected chi connectivity index (χ3v) is 6.12. The first-order valence-corrected chi connectivity index (χ1v) is 12.3. The molecule has 39 heavy (non-hydrogen) atoms. The SMILES string of the molecule is Cc1ccc(C(=O)NC(C)C)cc1-c1nc(NCc2ncc[nH]2)nc2c1CNC(=O)N2c1c(F)cccc1F. The van der Waals surface area contributed by atoms with Crippen molar-refractivity contribution in [1.82, 2.24) is 30.6 Å². The molecule has 1 aliphatic heterocycles. The molecule has 0 spiro atoms. The maximum atomic E-state index is 14.9. The molecule has 0 bridgehead atoms. The molecule has 0 unspecified atom stereocenters. The number of aromatic amines is 1. The van der Waals surface area contributed by atoms with Gasteiger partial charge >= 0.3 is 6.03 Å². The molecule has 1 aliphatic rings. The van der Waals surface area contributed by atoms with Gasteiger partial charge in [0.15, 0.2) is 5.82 Å². The summed E-state index contributed by atoms with van der Waals surface area (Å²) in [6, 6.07) is 7.76. The van der Waals surface area contributed by atoms with Crippen molar-refractivity contribution < 1.29 is 18.4 Å². The molecule has 12 heteroatoms. The molecular weight excluding hydrogens is 506 g/mol. The van der Waals surface area contributed by atoms with E-state index in [1.807, 2.05) is 20.8 Å². The summed E-state index contributed by atoms with van der Waals surface area (Å²) in [6.07, 6.45) is 3.26. The zero-order valence-corrected chi connectivity index (χ0v) is 21.5. The predicted octanol–water partition coefficient (Wildman–Crippen LogP) is 4.56. The van der Waals surface area contributed by atoms with Crippen molar-refractivity contribution >= 4 is 29.4 Å². The quantitative estimate of drug-likeness (QED) is 0.276. The normalized spacial score (nSPS) is 12.8. The van der Waals surface area contributed by atoms with E-state index >= 15 is 0 Å². The maximum absolute atomic E-state index is 14.9. The molecule has 3 amide bonds. The number of aromatic nitrogens is 4. The molecular formula is C27H26F2N8O2. The molecule has 2 aromatic carbocycles. The fourth-order valence-electron chi connectivity index (χ4n) is 4.29. The van der Waals surface area contributed by atoms with Crippen LogP contribution in [0.2, 0.25) is 0 Å². The molecule has 4 aromatic rings. The molecule has 200 valence electrons. The number of carbonyl (C=O) groups is 2. The number of anilines is 3. The predicted molar refractivity (Wildman–Crippen MR) is 141 cm³/mol. The largest absolute Gasteiger partial charge is 0.350 e. The fourth-order valence-corrected chi connectivity index (χ4v) is 4.29. The highest BCUT2D eigenvalue weighted by Gasteiger charge is 2.34.